The minimum atomic E-state index is -0.681. The molecule has 0 saturated carbocycles. The molecule has 0 bridgehead atoms. The van der Waals surface area contributed by atoms with E-state index in [0.29, 0.717) is 34.7 Å². The van der Waals surface area contributed by atoms with E-state index in [9.17, 15) is 9.59 Å². The lowest BCUT2D eigenvalue weighted by atomic mass is 10.0. The van der Waals surface area contributed by atoms with E-state index in [0.717, 1.165) is 34.1 Å². The molecule has 0 unspecified atom stereocenters. The summed E-state index contributed by atoms with van der Waals surface area (Å²) in [5.74, 6) is -0.486. The Morgan fingerprint density at radius 3 is 2.42 bits per heavy atom. The number of benzene rings is 3. The monoisotopic (exact) mass is 556 g/mol. The van der Waals surface area contributed by atoms with Gasteiger partial charge in [0.1, 0.15) is 17.8 Å². The van der Waals surface area contributed by atoms with Crippen LogP contribution in [0.5, 0.6) is 0 Å². The van der Waals surface area contributed by atoms with E-state index in [4.69, 9.17) is 27.1 Å². The van der Waals surface area contributed by atoms with Crippen LogP contribution in [0.1, 0.15) is 32.8 Å². The molecule has 2 N–H and O–H groups in total. The normalized spacial score (nSPS) is 11.8. The van der Waals surface area contributed by atoms with Gasteiger partial charge in [-0.1, -0.05) is 54.1 Å². The number of hydrogen-bond acceptors (Lipinski definition) is 5. The number of fused-ring (bicyclic) bond motifs is 2. The molecule has 0 spiro atoms. The maximum Gasteiger partial charge on any atom is 0.326 e. The van der Waals surface area contributed by atoms with Crippen molar-refractivity contribution in [2.24, 2.45) is 5.73 Å². The van der Waals surface area contributed by atoms with E-state index in [1.165, 1.54) is 4.57 Å². The van der Waals surface area contributed by atoms with Crippen molar-refractivity contribution in [3.63, 3.8) is 0 Å². The Morgan fingerprint density at radius 2 is 1.73 bits per heavy atom. The van der Waals surface area contributed by atoms with E-state index >= 15 is 0 Å². The molecule has 40 heavy (non-hydrogen) atoms. The minimum absolute atomic E-state index is 0.227. The lowest BCUT2D eigenvalue weighted by molar-refractivity contribution is -0.155. The SMILES string of the molecule is Cc1cccc2nc(-c3c(-c4ccc(Cl)cc4)n(CCCN)c4ccccc34)c(=O)n(CC(=O)OC(C)(C)C)c12. The highest BCUT2D eigenvalue weighted by molar-refractivity contribution is 6.30. The summed E-state index contributed by atoms with van der Waals surface area (Å²) in [7, 11) is 0. The van der Waals surface area contributed by atoms with Crippen molar-refractivity contribution in [3.8, 4) is 22.5 Å². The highest BCUT2D eigenvalue weighted by Gasteiger charge is 2.26. The molecule has 5 aromatic rings. The largest absolute Gasteiger partial charge is 0.459 e. The standard InChI is InChI=1S/C32H33ClN4O3/c1-20-9-7-11-24-29(20)37(19-26(38)40-32(2,3)4)31(39)28(35-24)27-23-10-5-6-12-25(23)36(18-8-17-34)30(27)21-13-15-22(33)16-14-21/h5-7,9-16H,8,17-19,34H2,1-4H3. The van der Waals surface area contributed by atoms with E-state index in [-0.39, 0.29) is 17.8 Å². The molecule has 0 aliphatic rings. The Labute approximate surface area is 238 Å². The molecular weight excluding hydrogens is 524 g/mol. The van der Waals surface area contributed by atoms with Gasteiger partial charge in [0.05, 0.1) is 16.7 Å². The number of rotatable bonds is 7. The topological polar surface area (TPSA) is 92.1 Å². The Hall–Kier alpha value is -3.94. The molecule has 0 radical (unpaired) electrons. The summed E-state index contributed by atoms with van der Waals surface area (Å²) >= 11 is 6.25. The van der Waals surface area contributed by atoms with Crippen molar-refractivity contribution in [1.82, 2.24) is 14.1 Å². The van der Waals surface area contributed by atoms with Crippen molar-refractivity contribution >= 4 is 39.5 Å². The lowest BCUT2D eigenvalue weighted by Gasteiger charge is -2.21. The number of nitrogens with zero attached hydrogens (tertiary/aromatic N) is 3. The molecule has 8 heteroatoms. The number of carbonyl (C=O) groups is 1. The third-order valence-electron chi connectivity index (χ3n) is 6.78. The number of ether oxygens (including phenoxy) is 1. The number of aromatic nitrogens is 3. The quantitative estimate of drug-likeness (QED) is 0.236. The van der Waals surface area contributed by atoms with Crippen LogP contribution >= 0.6 is 11.6 Å². The smallest absolute Gasteiger partial charge is 0.326 e. The summed E-state index contributed by atoms with van der Waals surface area (Å²) < 4.78 is 9.30. The van der Waals surface area contributed by atoms with Crippen LogP contribution in [-0.4, -0.2) is 32.2 Å². The average Bonchev–Trinajstić information content (AvgIpc) is 3.22. The number of carbonyl (C=O) groups excluding carboxylic acids is 1. The first-order valence-electron chi connectivity index (χ1n) is 13.4. The van der Waals surface area contributed by atoms with E-state index in [1.807, 2.05) is 94.4 Å². The van der Waals surface area contributed by atoms with Gasteiger partial charge in [-0.05, 0) is 76.1 Å². The van der Waals surface area contributed by atoms with Gasteiger partial charge in [0.15, 0.2) is 0 Å². The van der Waals surface area contributed by atoms with Gasteiger partial charge < -0.3 is 15.0 Å². The number of aryl methyl sites for hydroxylation is 2. The van der Waals surface area contributed by atoms with Gasteiger partial charge in [-0.2, -0.15) is 0 Å². The van der Waals surface area contributed by atoms with Gasteiger partial charge in [-0.15, -0.1) is 0 Å². The molecule has 3 aromatic carbocycles. The van der Waals surface area contributed by atoms with Crippen LogP contribution in [0, 0.1) is 6.92 Å². The second kappa shape index (κ2) is 10.9. The predicted molar refractivity (Wildman–Crippen MR) is 162 cm³/mol. The first-order valence-corrected chi connectivity index (χ1v) is 13.8. The highest BCUT2D eigenvalue weighted by Crippen LogP contribution is 2.40. The van der Waals surface area contributed by atoms with Crippen LogP contribution in [0.2, 0.25) is 5.02 Å². The molecule has 206 valence electrons. The van der Waals surface area contributed by atoms with Crippen LogP contribution < -0.4 is 11.3 Å². The van der Waals surface area contributed by atoms with Gasteiger partial charge in [0.25, 0.3) is 5.56 Å². The Kier molecular flexibility index (Phi) is 7.53. The van der Waals surface area contributed by atoms with Crippen LogP contribution in [-0.2, 0) is 22.6 Å². The fraction of sp³-hybridized carbons (Fsp3) is 0.281. The molecule has 7 nitrogen and oxygen atoms in total. The number of hydrogen-bond donors (Lipinski definition) is 1. The van der Waals surface area contributed by atoms with Gasteiger partial charge in [0, 0.05) is 28.0 Å². The molecule has 0 aliphatic carbocycles. The van der Waals surface area contributed by atoms with Crippen molar-refractivity contribution in [2.75, 3.05) is 6.54 Å². The number of para-hydroxylation sites is 2. The Balaban J connectivity index is 1.86. The third-order valence-corrected chi connectivity index (χ3v) is 7.04. The second-order valence-electron chi connectivity index (χ2n) is 10.9. The van der Waals surface area contributed by atoms with Crippen molar-refractivity contribution in [3.05, 3.63) is 87.7 Å². The van der Waals surface area contributed by atoms with Crippen LogP contribution in [0.15, 0.2) is 71.5 Å². The Morgan fingerprint density at radius 1 is 1.00 bits per heavy atom. The minimum Gasteiger partial charge on any atom is -0.459 e. The number of halogens is 1. The summed E-state index contributed by atoms with van der Waals surface area (Å²) in [5, 5.41) is 1.51. The molecule has 2 heterocycles. The maximum atomic E-state index is 14.4. The van der Waals surface area contributed by atoms with Crippen molar-refractivity contribution in [1.29, 1.82) is 0 Å². The fourth-order valence-electron chi connectivity index (χ4n) is 5.23. The van der Waals surface area contributed by atoms with Crippen LogP contribution in [0.3, 0.4) is 0 Å². The summed E-state index contributed by atoms with van der Waals surface area (Å²) in [5.41, 5.74) is 10.7. The van der Waals surface area contributed by atoms with E-state index in [1.54, 1.807) is 0 Å². The molecule has 0 saturated heterocycles. The lowest BCUT2D eigenvalue weighted by Crippen LogP contribution is -2.32. The fourth-order valence-corrected chi connectivity index (χ4v) is 5.36. The zero-order valence-electron chi connectivity index (χ0n) is 23.2. The molecule has 0 aliphatic heterocycles. The Bertz CT molecular complexity index is 1780. The van der Waals surface area contributed by atoms with Crippen LogP contribution in [0.25, 0.3) is 44.5 Å². The molecule has 0 atom stereocenters. The van der Waals surface area contributed by atoms with Crippen molar-refractivity contribution in [2.45, 2.75) is 52.8 Å². The van der Waals surface area contributed by atoms with Crippen LogP contribution in [0.4, 0.5) is 0 Å². The van der Waals surface area contributed by atoms with Gasteiger partial charge >= 0.3 is 5.97 Å². The summed E-state index contributed by atoms with van der Waals surface area (Å²) in [6, 6.07) is 21.2. The van der Waals surface area contributed by atoms with E-state index < -0.39 is 11.6 Å². The molecule has 2 aromatic heterocycles. The van der Waals surface area contributed by atoms with Gasteiger partial charge in [-0.25, -0.2) is 4.98 Å². The molecule has 0 amide bonds. The summed E-state index contributed by atoms with van der Waals surface area (Å²) in [6.45, 7) is 8.30. The second-order valence-corrected chi connectivity index (χ2v) is 11.4. The van der Waals surface area contributed by atoms with Gasteiger partial charge in [0.2, 0.25) is 0 Å². The zero-order chi connectivity index (χ0) is 28.6. The first kappa shape index (κ1) is 27.6. The molecule has 0 fully saturated rings. The van der Waals surface area contributed by atoms with Gasteiger partial charge in [-0.3, -0.25) is 14.2 Å². The number of nitrogens with two attached hydrogens (primary N) is 1. The predicted octanol–water partition coefficient (Wildman–Crippen LogP) is 6.34. The summed E-state index contributed by atoms with van der Waals surface area (Å²) in [4.78, 5) is 32.3. The third kappa shape index (κ3) is 5.27. The first-order chi connectivity index (χ1) is 19.1. The van der Waals surface area contributed by atoms with Crippen molar-refractivity contribution < 1.29 is 9.53 Å². The molecular formula is C32H33ClN4O3. The highest BCUT2D eigenvalue weighted by atomic mass is 35.5. The molecule has 5 rings (SSSR count). The maximum absolute atomic E-state index is 14.4. The average molecular weight is 557 g/mol. The van der Waals surface area contributed by atoms with E-state index in [2.05, 4.69) is 4.57 Å². The summed E-state index contributed by atoms with van der Waals surface area (Å²) in [6.07, 6.45) is 0.756. The number of esters is 1. The zero-order valence-corrected chi connectivity index (χ0v) is 24.0.